The van der Waals surface area contributed by atoms with Crippen molar-refractivity contribution in [1.29, 1.82) is 5.26 Å². The molecule has 0 saturated heterocycles. The molecule has 3 N–H and O–H groups in total. The highest BCUT2D eigenvalue weighted by molar-refractivity contribution is 5.92. The fraction of sp³-hybridized carbons (Fsp3) is 0.357. The van der Waals surface area contributed by atoms with E-state index in [9.17, 15) is 9.59 Å². The van der Waals surface area contributed by atoms with Crippen LogP contribution in [0.25, 0.3) is 0 Å². The minimum atomic E-state index is -0.440. The molecule has 0 bridgehead atoms. The van der Waals surface area contributed by atoms with E-state index in [0.717, 1.165) is 12.0 Å². The zero-order chi connectivity index (χ0) is 14.8. The van der Waals surface area contributed by atoms with Gasteiger partial charge in [0, 0.05) is 12.2 Å². The molecule has 0 aliphatic heterocycles. The van der Waals surface area contributed by atoms with Gasteiger partial charge in [-0.15, -0.1) is 0 Å². The maximum absolute atomic E-state index is 11.5. The van der Waals surface area contributed by atoms with E-state index in [4.69, 9.17) is 5.26 Å². The van der Waals surface area contributed by atoms with E-state index in [0.29, 0.717) is 18.7 Å². The normalized spacial score (nSPS) is 9.40. The van der Waals surface area contributed by atoms with Crippen LogP contribution in [0.5, 0.6) is 0 Å². The lowest BCUT2D eigenvalue weighted by Gasteiger charge is -2.08. The number of nitrogens with zero attached hydrogens (tertiary/aromatic N) is 1. The fourth-order valence-electron chi connectivity index (χ4n) is 1.46. The van der Waals surface area contributed by atoms with Crippen molar-refractivity contribution < 1.29 is 9.59 Å². The predicted molar refractivity (Wildman–Crippen MR) is 76.1 cm³/mol. The van der Waals surface area contributed by atoms with Gasteiger partial charge in [0.1, 0.15) is 0 Å². The van der Waals surface area contributed by atoms with Gasteiger partial charge in [-0.1, -0.05) is 19.1 Å². The van der Waals surface area contributed by atoms with Gasteiger partial charge in [0.2, 0.25) is 5.91 Å². The molecule has 6 nitrogen and oxygen atoms in total. The van der Waals surface area contributed by atoms with Crippen LogP contribution in [0.3, 0.4) is 0 Å². The van der Waals surface area contributed by atoms with Crippen LogP contribution in [0.2, 0.25) is 0 Å². The van der Waals surface area contributed by atoms with Gasteiger partial charge in [0.25, 0.3) is 0 Å². The number of nitrogens with one attached hydrogen (secondary N) is 3. The molecule has 0 aromatic heterocycles. The molecule has 3 amide bonds. The molecule has 1 rings (SSSR count). The van der Waals surface area contributed by atoms with E-state index in [2.05, 4.69) is 16.0 Å². The average Bonchev–Trinajstić information content (AvgIpc) is 2.45. The van der Waals surface area contributed by atoms with Crippen LogP contribution in [-0.2, 0) is 11.2 Å². The molecule has 1 aromatic rings. The molecular weight excluding hydrogens is 256 g/mol. The lowest BCUT2D eigenvalue weighted by Crippen LogP contribution is -2.39. The monoisotopic (exact) mass is 274 g/mol. The van der Waals surface area contributed by atoms with Crippen molar-refractivity contribution in [1.82, 2.24) is 10.6 Å². The molecule has 0 aliphatic rings. The van der Waals surface area contributed by atoms with Gasteiger partial charge < -0.3 is 16.0 Å². The molecule has 0 unspecified atom stereocenters. The van der Waals surface area contributed by atoms with E-state index in [1.807, 2.05) is 13.0 Å². The maximum atomic E-state index is 11.5. The second-order valence-corrected chi connectivity index (χ2v) is 4.19. The standard InChI is InChI=1S/C14H18N4O2/c1-2-9-16-13(19)10-17-14(20)18-12-5-3-11(4-6-12)7-8-15/h3-6H,2,7,9-10H2,1H3,(H,16,19)(H2,17,18,20). The third kappa shape index (κ3) is 5.87. The maximum Gasteiger partial charge on any atom is 0.319 e. The summed E-state index contributed by atoms with van der Waals surface area (Å²) in [4.78, 5) is 22.8. The Morgan fingerprint density at radius 1 is 1.20 bits per heavy atom. The summed E-state index contributed by atoms with van der Waals surface area (Å²) in [5.74, 6) is -0.216. The molecule has 0 aliphatic carbocycles. The summed E-state index contributed by atoms with van der Waals surface area (Å²) in [5, 5.41) is 16.3. The van der Waals surface area contributed by atoms with Crippen molar-refractivity contribution in [3.05, 3.63) is 29.8 Å². The number of rotatable bonds is 6. The predicted octanol–water partition coefficient (Wildman–Crippen LogP) is 1.40. The summed E-state index contributed by atoms with van der Waals surface area (Å²) in [6, 6.07) is 8.57. The number of nitriles is 1. The molecule has 106 valence electrons. The van der Waals surface area contributed by atoms with E-state index >= 15 is 0 Å². The molecular formula is C14H18N4O2. The summed E-state index contributed by atoms with van der Waals surface area (Å²) in [6.07, 6.45) is 1.19. The number of hydrogen-bond donors (Lipinski definition) is 3. The van der Waals surface area contributed by atoms with Gasteiger partial charge in [-0.05, 0) is 24.1 Å². The third-order valence-electron chi connectivity index (χ3n) is 2.48. The van der Waals surface area contributed by atoms with Crippen LogP contribution in [0.15, 0.2) is 24.3 Å². The number of amides is 3. The first-order valence-corrected chi connectivity index (χ1v) is 6.43. The van der Waals surface area contributed by atoms with Crippen molar-refractivity contribution >= 4 is 17.6 Å². The smallest absolute Gasteiger partial charge is 0.319 e. The first kappa shape index (κ1) is 15.5. The van der Waals surface area contributed by atoms with Gasteiger partial charge in [0.05, 0.1) is 19.0 Å². The zero-order valence-corrected chi connectivity index (χ0v) is 11.4. The van der Waals surface area contributed by atoms with Crippen molar-refractivity contribution in [2.75, 3.05) is 18.4 Å². The molecule has 0 spiro atoms. The number of benzene rings is 1. The Labute approximate surface area is 118 Å². The van der Waals surface area contributed by atoms with Crippen LogP contribution in [0.4, 0.5) is 10.5 Å². The molecule has 0 fully saturated rings. The van der Waals surface area contributed by atoms with Crippen LogP contribution >= 0.6 is 0 Å². The van der Waals surface area contributed by atoms with E-state index in [1.165, 1.54) is 0 Å². The molecule has 0 heterocycles. The highest BCUT2D eigenvalue weighted by Gasteiger charge is 2.04. The van der Waals surface area contributed by atoms with Crippen molar-refractivity contribution in [3.8, 4) is 6.07 Å². The Kier molecular flexibility index (Phi) is 6.62. The number of hydrogen-bond acceptors (Lipinski definition) is 3. The number of carbonyl (C=O) groups is 2. The van der Waals surface area contributed by atoms with E-state index in [1.54, 1.807) is 24.3 Å². The van der Waals surface area contributed by atoms with Crippen LogP contribution in [-0.4, -0.2) is 25.0 Å². The first-order chi connectivity index (χ1) is 9.65. The lowest BCUT2D eigenvalue weighted by atomic mass is 10.1. The average molecular weight is 274 g/mol. The van der Waals surface area contributed by atoms with Crippen LogP contribution < -0.4 is 16.0 Å². The van der Waals surface area contributed by atoms with Gasteiger partial charge in [-0.25, -0.2) is 4.79 Å². The van der Waals surface area contributed by atoms with Gasteiger partial charge in [0.15, 0.2) is 0 Å². The first-order valence-electron chi connectivity index (χ1n) is 6.43. The van der Waals surface area contributed by atoms with E-state index in [-0.39, 0.29) is 12.5 Å². The summed E-state index contributed by atoms with van der Waals surface area (Å²) >= 11 is 0. The highest BCUT2D eigenvalue weighted by atomic mass is 16.2. The Balaban J connectivity index is 2.35. The Morgan fingerprint density at radius 3 is 2.50 bits per heavy atom. The summed E-state index contributed by atoms with van der Waals surface area (Å²) in [5.41, 5.74) is 1.50. The zero-order valence-electron chi connectivity index (χ0n) is 11.4. The highest BCUT2D eigenvalue weighted by Crippen LogP contribution is 2.09. The minimum Gasteiger partial charge on any atom is -0.355 e. The quantitative estimate of drug-likeness (QED) is 0.732. The second kappa shape index (κ2) is 8.53. The van der Waals surface area contributed by atoms with Crippen molar-refractivity contribution in [3.63, 3.8) is 0 Å². The molecule has 0 saturated carbocycles. The molecule has 0 atom stereocenters. The molecule has 20 heavy (non-hydrogen) atoms. The van der Waals surface area contributed by atoms with Crippen LogP contribution in [0, 0.1) is 11.3 Å². The topological polar surface area (TPSA) is 94.0 Å². The minimum absolute atomic E-state index is 0.0572. The Morgan fingerprint density at radius 2 is 1.90 bits per heavy atom. The van der Waals surface area contributed by atoms with E-state index < -0.39 is 6.03 Å². The van der Waals surface area contributed by atoms with Crippen molar-refractivity contribution in [2.45, 2.75) is 19.8 Å². The number of urea groups is 1. The fourth-order valence-corrected chi connectivity index (χ4v) is 1.46. The largest absolute Gasteiger partial charge is 0.355 e. The van der Waals surface area contributed by atoms with Gasteiger partial charge >= 0.3 is 6.03 Å². The Bertz CT molecular complexity index is 491. The summed E-state index contributed by atoms with van der Waals surface area (Å²) in [7, 11) is 0. The summed E-state index contributed by atoms with van der Waals surface area (Å²) in [6.45, 7) is 2.50. The Hall–Kier alpha value is -2.55. The van der Waals surface area contributed by atoms with Crippen LogP contribution in [0.1, 0.15) is 18.9 Å². The summed E-state index contributed by atoms with van der Waals surface area (Å²) < 4.78 is 0. The van der Waals surface area contributed by atoms with Crippen molar-refractivity contribution in [2.24, 2.45) is 0 Å². The molecule has 6 heteroatoms. The second-order valence-electron chi connectivity index (χ2n) is 4.19. The SMILES string of the molecule is CCCNC(=O)CNC(=O)Nc1ccc(CC#N)cc1. The van der Waals surface area contributed by atoms with Gasteiger partial charge in [-0.2, -0.15) is 5.26 Å². The molecule has 1 aromatic carbocycles. The lowest BCUT2D eigenvalue weighted by molar-refractivity contribution is -0.120. The molecule has 0 radical (unpaired) electrons. The van der Waals surface area contributed by atoms with Gasteiger partial charge in [-0.3, -0.25) is 4.79 Å². The third-order valence-corrected chi connectivity index (χ3v) is 2.48. The number of carbonyl (C=O) groups excluding carboxylic acids is 2. The number of anilines is 1.